The third-order valence-corrected chi connectivity index (χ3v) is 2.98. The lowest BCUT2D eigenvalue weighted by Gasteiger charge is -2.13. The van der Waals surface area contributed by atoms with E-state index in [4.69, 9.17) is 4.52 Å². The van der Waals surface area contributed by atoms with E-state index in [1.54, 1.807) is 6.92 Å². The molecule has 0 heterocycles. The number of hydrogen-bond donors (Lipinski definition) is 0. The molecule has 0 bridgehead atoms. The van der Waals surface area contributed by atoms with Crippen molar-refractivity contribution in [1.82, 2.24) is 0 Å². The Morgan fingerprint density at radius 1 is 1.50 bits per heavy atom. The maximum atomic E-state index is 12.9. The molecule has 1 rings (SSSR count). The van der Waals surface area contributed by atoms with Gasteiger partial charge in [0.2, 0.25) is 0 Å². The molecular weight excluding hydrogens is 182 g/mol. The van der Waals surface area contributed by atoms with Crippen molar-refractivity contribution in [3.8, 4) is 0 Å². The lowest BCUT2D eigenvalue weighted by Crippen LogP contribution is -2.05. The fourth-order valence-corrected chi connectivity index (χ4v) is 2.29. The monoisotopic (exact) mass is 196 g/mol. The highest BCUT2D eigenvalue weighted by Crippen LogP contribution is 2.52. The van der Waals surface area contributed by atoms with Crippen molar-refractivity contribution in [3.63, 3.8) is 0 Å². The van der Waals surface area contributed by atoms with Gasteiger partial charge in [-0.15, -0.1) is 4.20 Å². The van der Waals surface area contributed by atoms with E-state index in [1.165, 1.54) is 0 Å². The van der Waals surface area contributed by atoms with Gasteiger partial charge in [-0.25, -0.2) is 4.57 Å². The average Bonchev–Trinajstić information content (AvgIpc) is 2.38. The van der Waals surface area contributed by atoms with Crippen LogP contribution >= 0.6 is 7.91 Å². The summed E-state index contributed by atoms with van der Waals surface area (Å²) in [5.74, 6) is 0. The second-order valence-electron chi connectivity index (χ2n) is 2.86. The minimum absolute atomic E-state index is 0.0838. The molecule has 0 amide bonds. The van der Waals surface area contributed by atoms with Gasteiger partial charge in [0, 0.05) is 0 Å². The van der Waals surface area contributed by atoms with Crippen molar-refractivity contribution < 1.29 is 17.8 Å². The van der Waals surface area contributed by atoms with E-state index in [0.29, 0.717) is 0 Å². The summed E-state index contributed by atoms with van der Waals surface area (Å²) in [6, 6.07) is 0. The Balaban J connectivity index is 2.32. The summed E-state index contributed by atoms with van der Waals surface area (Å²) in [4.78, 5) is 0. The first-order valence-electron chi connectivity index (χ1n) is 4.26. The lowest BCUT2D eigenvalue weighted by molar-refractivity contribution is 0.130. The summed E-state index contributed by atoms with van der Waals surface area (Å²) >= 11 is 0. The van der Waals surface area contributed by atoms with Crippen LogP contribution in [0.2, 0.25) is 0 Å². The highest BCUT2D eigenvalue weighted by Gasteiger charge is 2.29. The van der Waals surface area contributed by atoms with Crippen molar-refractivity contribution in [2.45, 2.75) is 38.7 Å². The normalized spacial score (nSPS) is 24.2. The number of rotatable bonds is 4. The molecule has 0 saturated heterocycles. The fourth-order valence-electron chi connectivity index (χ4n) is 1.36. The molecule has 1 aliphatic carbocycles. The quantitative estimate of drug-likeness (QED) is 0.648. The molecule has 3 nitrogen and oxygen atoms in total. The highest BCUT2D eigenvalue weighted by atomic mass is 31.2. The molecule has 1 atom stereocenters. The van der Waals surface area contributed by atoms with Crippen LogP contribution in [0.3, 0.4) is 0 Å². The Hall–Kier alpha value is 0.0800. The largest absolute Gasteiger partial charge is 0.513 e. The Kier molecular flexibility index (Phi) is 3.69. The average molecular weight is 196 g/mol. The van der Waals surface area contributed by atoms with Gasteiger partial charge in [-0.2, -0.15) is 0 Å². The first kappa shape index (κ1) is 10.2. The number of hydrogen-bond acceptors (Lipinski definition) is 3. The van der Waals surface area contributed by atoms with Gasteiger partial charge < -0.3 is 0 Å². The van der Waals surface area contributed by atoms with Crippen molar-refractivity contribution >= 4 is 7.91 Å². The molecule has 1 unspecified atom stereocenters. The highest BCUT2D eigenvalue weighted by molar-refractivity contribution is 7.48. The molecule has 0 aromatic rings. The summed E-state index contributed by atoms with van der Waals surface area (Å²) in [6.45, 7) is 1.67. The van der Waals surface area contributed by atoms with Crippen LogP contribution in [0.15, 0.2) is 0 Å². The van der Waals surface area contributed by atoms with E-state index in [1.807, 2.05) is 0 Å². The Morgan fingerprint density at radius 3 is 2.58 bits per heavy atom. The molecule has 0 aromatic carbocycles. The van der Waals surface area contributed by atoms with E-state index in [0.717, 1.165) is 25.7 Å². The van der Waals surface area contributed by atoms with Gasteiger partial charge in [0.1, 0.15) is 0 Å². The molecule has 0 spiro atoms. The standard InChI is InChI=1S/C7H14FO3P/c1-2-10-12(8,9)11-7-5-3-4-6-7/h7H,2-6H2,1H3. The van der Waals surface area contributed by atoms with Crippen LogP contribution in [0.1, 0.15) is 32.6 Å². The summed E-state index contributed by atoms with van der Waals surface area (Å²) in [5, 5.41) is 0. The Bertz CT molecular complexity index is 179. The van der Waals surface area contributed by atoms with Crippen LogP contribution in [0.5, 0.6) is 0 Å². The zero-order valence-electron chi connectivity index (χ0n) is 7.16. The van der Waals surface area contributed by atoms with Gasteiger partial charge in [-0.1, -0.05) is 12.8 Å². The molecule has 1 fully saturated rings. The lowest BCUT2D eigenvalue weighted by atomic mass is 10.3. The summed E-state index contributed by atoms with van der Waals surface area (Å²) in [6.07, 6.45) is 3.43. The Labute approximate surface area is 71.9 Å². The van der Waals surface area contributed by atoms with Crippen LogP contribution in [-0.2, 0) is 13.6 Å². The maximum absolute atomic E-state index is 12.9. The van der Waals surface area contributed by atoms with Crippen molar-refractivity contribution in [1.29, 1.82) is 0 Å². The molecule has 0 aliphatic heterocycles. The van der Waals surface area contributed by atoms with Crippen LogP contribution in [-0.4, -0.2) is 12.7 Å². The van der Waals surface area contributed by atoms with Crippen LogP contribution in [0, 0.1) is 0 Å². The van der Waals surface area contributed by atoms with E-state index in [2.05, 4.69) is 4.52 Å². The van der Waals surface area contributed by atoms with E-state index in [-0.39, 0.29) is 12.7 Å². The molecule has 0 N–H and O–H groups in total. The zero-order chi connectivity index (χ0) is 9.03. The van der Waals surface area contributed by atoms with Crippen molar-refractivity contribution in [2.24, 2.45) is 0 Å². The van der Waals surface area contributed by atoms with Crippen LogP contribution < -0.4 is 0 Å². The van der Waals surface area contributed by atoms with Gasteiger partial charge in [0.05, 0.1) is 12.7 Å². The first-order chi connectivity index (χ1) is 5.64. The maximum Gasteiger partial charge on any atom is 0.513 e. The molecule has 12 heavy (non-hydrogen) atoms. The third kappa shape index (κ3) is 3.21. The predicted molar refractivity (Wildman–Crippen MR) is 43.7 cm³/mol. The summed E-state index contributed by atoms with van der Waals surface area (Å²) in [5.41, 5.74) is 0. The molecule has 72 valence electrons. The number of halogens is 1. The minimum atomic E-state index is -4.24. The van der Waals surface area contributed by atoms with E-state index in [9.17, 15) is 8.76 Å². The predicted octanol–water partition coefficient (Wildman–Crippen LogP) is 3.06. The van der Waals surface area contributed by atoms with Gasteiger partial charge in [-0.3, -0.25) is 9.05 Å². The second-order valence-corrected chi connectivity index (χ2v) is 4.19. The smallest absolute Gasteiger partial charge is 0.284 e. The van der Waals surface area contributed by atoms with Crippen molar-refractivity contribution in [3.05, 3.63) is 0 Å². The molecule has 0 radical (unpaired) electrons. The van der Waals surface area contributed by atoms with E-state index < -0.39 is 7.91 Å². The molecule has 5 heteroatoms. The molecule has 1 saturated carbocycles. The second kappa shape index (κ2) is 4.35. The minimum Gasteiger partial charge on any atom is -0.284 e. The third-order valence-electron chi connectivity index (χ3n) is 1.86. The van der Waals surface area contributed by atoms with Crippen LogP contribution in [0.25, 0.3) is 0 Å². The Morgan fingerprint density at radius 2 is 2.08 bits per heavy atom. The van der Waals surface area contributed by atoms with E-state index >= 15 is 0 Å². The first-order valence-corrected chi connectivity index (χ1v) is 5.70. The van der Waals surface area contributed by atoms with Gasteiger partial charge in [0.25, 0.3) is 0 Å². The van der Waals surface area contributed by atoms with Crippen molar-refractivity contribution in [2.75, 3.05) is 6.61 Å². The SMILES string of the molecule is CCOP(=O)(F)OC1CCCC1. The zero-order valence-corrected chi connectivity index (χ0v) is 8.06. The molecule has 1 aliphatic rings. The topological polar surface area (TPSA) is 35.5 Å². The van der Waals surface area contributed by atoms with Gasteiger partial charge in [0.15, 0.2) is 0 Å². The van der Waals surface area contributed by atoms with Gasteiger partial charge >= 0.3 is 7.91 Å². The summed E-state index contributed by atoms with van der Waals surface area (Å²) in [7, 11) is -4.24. The van der Waals surface area contributed by atoms with Gasteiger partial charge in [-0.05, 0) is 19.8 Å². The molecular formula is C7H14FO3P. The molecule has 0 aromatic heterocycles. The summed E-state index contributed by atoms with van der Waals surface area (Å²) < 4.78 is 32.8. The fraction of sp³-hybridized carbons (Fsp3) is 1.00. The van der Waals surface area contributed by atoms with Crippen LogP contribution in [0.4, 0.5) is 4.20 Å².